The third-order valence-electron chi connectivity index (χ3n) is 3.83. The smallest absolute Gasteiger partial charge is 0.305 e. The Kier molecular flexibility index (Phi) is 6.71. The summed E-state index contributed by atoms with van der Waals surface area (Å²) in [6, 6.07) is 6.26. The van der Waals surface area contributed by atoms with Gasteiger partial charge < -0.3 is 4.74 Å². The summed E-state index contributed by atoms with van der Waals surface area (Å²) >= 11 is 1.68. The number of esters is 1. The van der Waals surface area contributed by atoms with Crippen LogP contribution in [0.1, 0.15) is 48.7 Å². The summed E-state index contributed by atoms with van der Waals surface area (Å²) in [4.78, 5) is 11.2. The van der Waals surface area contributed by atoms with Crippen molar-refractivity contribution < 1.29 is 9.53 Å². The average molecular weight is 332 g/mol. The van der Waals surface area contributed by atoms with Gasteiger partial charge in [-0.3, -0.25) is 4.79 Å². The summed E-state index contributed by atoms with van der Waals surface area (Å²) in [5.74, 6) is -0.174. The van der Waals surface area contributed by atoms with E-state index in [2.05, 4.69) is 47.0 Å². The number of aryl methyl sites for hydroxylation is 3. The van der Waals surface area contributed by atoms with Crippen LogP contribution in [0.4, 0.5) is 0 Å². The first-order chi connectivity index (χ1) is 11.1. The van der Waals surface area contributed by atoms with E-state index in [1.54, 1.807) is 11.3 Å². The Bertz CT molecular complexity index is 652. The second-order valence-electron chi connectivity index (χ2n) is 5.68. The number of unbranched alkanes of at least 4 members (excludes halogenated alkanes) is 2. The zero-order chi connectivity index (χ0) is 16.7. The second kappa shape index (κ2) is 8.77. The van der Waals surface area contributed by atoms with Crippen LogP contribution in [-0.4, -0.2) is 23.3 Å². The van der Waals surface area contributed by atoms with Crippen LogP contribution in [0, 0.1) is 6.92 Å². The molecule has 0 radical (unpaired) electrons. The van der Waals surface area contributed by atoms with E-state index in [1.807, 2.05) is 0 Å². The summed E-state index contributed by atoms with van der Waals surface area (Å²) < 4.78 is 4.68. The molecule has 0 saturated heterocycles. The monoisotopic (exact) mass is 332 g/mol. The van der Waals surface area contributed by atoms with Crippen molar-refractivity contribution in [2.45, 2.75) is 52.4 Å². The fourth-order valence-electron chi connectivity index (χ4n) is 2.46. The lowest BCUT2D eigenvalue weighted by molar-refractivity contribution is -0.140. The van der Waals surface area contributed by atoms with Crippen molar-refractivity contribution in [1.29, 1.82) is 0 Å². The molecule has 1 aromatic carbocycles. The molecular weight excluding hydrogens is 308 g/mol. The van der Waals surface area contributed by atoms with Crippen molar-refractivity contribution in [3.63, 3.8) is 0 Å². The Labute approximate surface area is 141 Å². The average Bonchev–Trinajstić information content (AvgIpc) is 3.01. The van der Waals surface area contributed by atoms with Crippen LogP contribution < -0.4 is 0 Å². The third kappa shape index (κ3) is 5.13. The van der Waals surface area contributed by atoms with Gasteiger partial charge >= 0.3 is 5.97 Å². The van der Waals surface area contributed by atoms with Gasteiger partial charge in [-0.2, -0.15) is 0 Å². The molecule has 2 aromatic rings. The number of benzene rings is 1. The molecule has 0 aliphatic carbocycles. The number of carbonyl (C=O) groups is 1. The van der Waals surface area contributed by atoms with Gasteiger partial charge in [0.1, 0.15) is 10.0 Å². The molecule has 0 unspecified atom stereocenters. The van der Waals surface area contributed by atoms with Crippen molar-refractivity contribution in [2.75, 3.05) is 7.11 Å². The van der Waals surface area contributed by atoms with E-state index in [9.17, 15) is 4.79 Å². The molecule has 1 aromatic heterocycles. The first-order valence-electron chi connectivity index (χ1n) is 8.13. The highest BCUT2D eigenvalue weighted by Crippen LogP contribution is 2.28. The van der Waals surface area contributed by atoms with Gasteiger partial charge in [0.05, 0.1) is 7.11 Å². The minimum atomic E-state index is -0.174. The van der Waals surface area contributed by atoms with Crippen LogP contribution in [-0.2, 0) is 22.4 Å². The Morgan fingerprint density at radius 2 is 2.04 bits per heavy atom. The number of hydrogen-bond acceptors (Lipinski definition) is 5. The molecule has 5 heteroatoms. The molecule has 2 rings (SSSR count). The third-order valence-corrected chi connectivity index (χ3v) is 4.84. The van der Waals surface area contributed by atoms with Crippen LogP contribution in [0.5, 0.6) is 0 Å². The standard InChI is InChI=1S/C18H24N2O2S/c1-4-5-6-7-16-19-20-18(23-16)15-10-8-14(12-13(15)2)9-11-17(21)22-3/h8,10,12H,4-7,9,11H2,1-3H3. The van der Waals surface area contributed by atoms with E-state index in [4.69, 9.17) is 0 Å². The van der Waals surface area contributed by atoms with E-state index in [1.165, 1.54) is 31.9 Å². The van der Waals surface area contributed by atoms with Crippen LogP contribution in [0.15, 0.2) is 18.2 Å². The summed E-state index contributed by atoms with van der Waals surface area (Å²) in [6.45, 7) is 4.28. The summed E-state index contributed by atoms with van der Waals surface area (Å²) in [6.07, 6.45) is 5.76. The predicted molar refractivity (Wildman–Crippen MR) is 93.6 cm³/mol. The molecule has 124 valence electrons. The SMILES string of the molecule is CCCCCc1nnc(-c2ccc(CCC(=O)OC)cc2C)s1. The van der Waals surface area contributed by atoms with E-state index in [0.29, 0.717) is 12.8 Å². The molecule has 0 spiro atoms. The zero-order valence-electron chi connectivity index (χ0n) is 14.1. The lowest BCUT2D eigenvalue weighted by Crippen LogP contribution is -2.02. The molecule has 1 heterocycles. The zero-order valence-corrected chi connectivity index (χ0v) is 14.9. The van der Waals surface area contributed by atoms with Crippen molar-refractivity contribution in [1.82, 2.24) is 10.2 Å². The van der Waals surface area contributed by atoms with Gasteiger partial charge in [-0.15, -0.1) is 10.2 Å². The molecule has 0 aliphatic rings. The number of hydrogen-bond donors (Lipinski definition) is 0. The number of ether oxygens (including phenoxy) is 1. The minimum absolute atomic E-state index is 0.174. The fourth-order valence-corrected chi connectivity index (χ4v) is 3.43. The molecule has 0 saturated carbocycles. The maximum atomic E-state index is 11.2. The van der Waals surface area contributed by atoms with Gasteiger partial charge in [0.2, 0.25) is 0 Å². The van der Waals surface area contributed by atoms with Crippen LogP contribution >= 0.6 is 11.3 Å². The molecule has 4 nitrogen and oxygen atoms in total. The topological polar surface area (TPSA) is 52.1 Å². The Balaban J connectivity index is 2.04. The molecule has 0 atom stereocenters. The normalized spacial score (nSPS) is 10.7. The first-order valence-corrected chi connectivity index (χ1v) is 8.94. The number of aromatic nitrogens is 2. The van der Waals surface area contributed by atoms with Gasteiger partial charge in [-0.05, 0) is 30.9 Å². The van der Waals surface area contributed by atoms with E-state index in [-0.39, 0.29) is 5.97 Å². The molecular formula is C18H24N2O2S. The van der Waals surface area contributed by atoms with Crippen LogP contribution in [0.2, 0.25) is 0 Å². The largest absolute Gasteiger partial charge is 0.469 e. The molecule has 0 N–H and O–H groups in total. The van der Waals surface area contributed by atoms with Gasteiger partial charge in [0, 0.05) is 18.4 Å². The van der Waals surface area contributed by atoms with Crippen molar-refractivity contribution >= 4 is 17.3 Å². The van der Waals surface area contributed by atoms with Gasteiger partial charge in [0.15, 0.2) is 0 Å². The maximum absolute atomic E-state index is 11.2. The molecule has 0 fully saturated rings. The summed E-state index contributed by atoms with van der Waals surface area (Å²) in [7, 11) is 1.42. The number of methoxy groups -OCH3 is 1. The number of nitrogens with zero attached hydrogens (tertiary/aromatic N) is 2. The Morgan fingerprint density at radius 3 is 2.74 bits per heavy atom. The highest BCUT2D eigenvalue weighted by molar-refractivity contribution is 7.14. The van der Waals surface area contributed by atoms with Gasteiger partial charge in [-0.1, -0.05) is 49.3 Å². The predicted octanol–water partition coefficient (Wildman–Crippen LogP) is 4.35. The molecule has 0 bridgehead atoms. The van der Waals surface area contributed by atoms with E-state index in [0.717, 1.165) is 27.6 Å². The van der Waals surface area contributed by atoms with E-state index < -0.39 is 0 Å². The highest BCUT2D eigenvalue weighted by Gasteiger charge is 2.10. The number of rotatable bonds is 8. The van der Waals surface area contributed by atoms with E-state index >= 15 is 0 Å². The summed E-state index contributed by atoms with van der Waals surface area (Å²) in [5.41, 5.74) is 3.44. The quantitative estimate of drug-likeness (QED) is 0.532. The molecule has 0 amide bonds. The minimum Gasteiger partial charge on any atom is -0.469 e. The van der Waals surface area contributed by atoms with Crippen LogP contribution in [0.25, 0.3) is 10.6 Å². The molecule has 0 aliphatic heterocycles. The Morgan fingerprint density at radius 1 is 1.22 bits per heavy atom. The second-order valence-corrected chi connectivity index (χ2v) is 6.75. The number of carbonyl (C=O) groups excluding carboxylic acids is 1. The first kappa shape index (κ1) is 17.6. The van der Waals surface area contributed by atoms with Crippen molar-refractivity contribution in [3.05, 3.63) is 34.3 Å². The van der Waals surface area contributed by atoms with Crippen molar-refractivity contribution in [3.8, 4) is 10.6 Å². The maximum Gasteiger partial charge on any atom is 0.305 e. The van der Waals surface area contributed by atoms with Gasteiger partial charge in [0.25, 0.3) is 0 Å². The lowest BCUT2D eigenvalue weighted by atomic mass is 10.0. The lowest BCUT2D eigenvalue weighted by Gasteiger charge is -2.06. The van der Waals surface area contributed by atoms with Crippen molar-refractivity contribution in [2.24, 2.45) is 0 Å². The molecule has 23 heavy (non-hydrogen) atoms. The fraction of sp³-hybridized carbons (Fsp3) is 0.500. The van der Waals surface area contributed by atoms with Gasteiger partial charge in [-0.25, -0.2) is 0 Å². The highest BCUT2D eigenvalue weighted by atomic mass is 32.1. The van der Waals surface area contributed by atoms with Crippen LogP contribution in [0.3, 0.4) is 0 Å². The summed E-state index contributed by atoms with van der Waals surface area (Å²) in [5, 5.41) is 10.7. The Hall–Kier alpha value is -1.75.